The molecule has 0 amide bonds. The van der Waals surface area contributed by atoms with E-state index in [4.69, 9.17) is 4.74 Å². The van der Waals surface area contributed by atoms with Crippen molar-refractivity contribution in [2.24, 2.45) is 0 Å². The number of aromatic nitrogens is 4. The molecule has 0 aliphatic carbocycles. The second-order valence-electron chi connectivity index (χ2n) is 6.99. The molecule has 1 N–H and O–H groups in total. The van der Waals surface area contributed by atoms with E-state index < -0.39 is 8.07 Å². The van der Waals surface area contributed by atoms with Gasteiger partial charge in [-0.15, -0.1) is 5.54 Å². The van der Waals surface area contributed by atoms with Gasteiger partial charge in [-0.3, -0.25) is 4.57 Å². The van der Waals surface area contributed by atoms with Crippen LogP contribution in [-0.2, 0) is 4.74 Å². The molecule has 0 fully saturated rings. The fourth-order valence-corrected chi connectivity index (χ4v) is 2.87. The Morgan fingerprint density at radius 1 is 1.23 bits per heavy atom. The molecule has 3 aromatic rings. The number of methoxy groups -OCH3 is 1. The molecule has 3 rings (SSSR count). The second kappa shape index (κ2) is 7.68. The third-order valence-electron chi connectivity index (χ3n) is 3.60. The van der Waals surface area contributed by atoms with Crippen molar-refractivity contribution in [1.82, 2.24) is 19.5 Å². The summed E-state index contributed by atoms with van der Waals surface area (Å²) in [5.74, 6) is 4.65. The summed E-state index contributed by atoms with van der Waals surface area (Å²) < 4.78 is 6.93. The first-order valence-corrected chi connectivity index (χ1v) is 12.0. The Labute approximate surface area is 154 Å². The summed E-state index contributed by atoms with van der Waals surface area (Å²) in [6, 6.07) is 6.06. The molecule has 0 unspecified atom stereocenters. The van der Waals surface area contributed by atoms with Gasteiger partial charge in [-0.1, -0.05) is 25.6 Å². The largest absolute Gasteiger partial charge is 0.383 e. The molecule has 0 spiro atoms. The Hall–Kier alpha value is -2.69. The number of nitrogens with zero attached hydrogens (tertiary/aromatic N) is 4. The van der Waals surface area contributed by atoms with Gasteiger partial charge in [0.2, 0.25) is 5.95 Å². The number of imidazole rings is 1. The van der Waals surface area contributed by atoms with Crippen molar-refractivity contribution in [2.75, 3.05) is 25.6 Å². The smallest absolute Gasteiger partial charge is 0.237 e. The summed E-state index contributed by atoms with van der Waals surface area (Å²) in [6.07, 6.45) is 5.22. The third-order valence-corrected chi connectivity index (χ3v) is 4.47. The van der Waals surface area contributed by atoms with E-state index in [1.807, 2.05) is 18.3 Å². The Balaban J connectivity index is 2.07. The summed E-state index contributed by atoms with van der Waals surface area (Å²) in [6.45, 7) is 7.97. The average Bonchev–Trinajstić information content (AvgIpc) is 3.14. The predicted octanol–water partition coefficient (Wildman–Crippen LogP) is 3.10. The number of hydrogen-bond acceptors (Lipinski definition) is 5. The molecule has 2 heterocycles. The van der Waals surface area contributed by atoms with Crippen LogP contribution in [0.25, 0.3) is 16.9 Å². The highest BCUT2D eigenvalue weighted by molar-refractivity contribution is 6.83. The minimum atomic E-state index is -1.43. The first-order chi connectivity index (χ1) is 12.5. The van der Waals surface area contributed by atoms with Crippen LogP contribution >= 0.6 is 0 Å². The molecular formula is C19H23N5OSi. The first kappa shape index (κ1) is 18.1. The zero-order chi connectivity index (χ0) is 18.6. The predicted molar refractivity (Wildman–Crippen MR) is 107 cm³/mol. The van der Waals surface area contributed by atoms with Crippen molar-refractivity contribution < 1.29 is 4.74 Å². The van der Waals surface area contributed by atoms with Gasteiger partial charge in [0.25, 0.3) is 0 Å². The van der Waals surface area contributed by atoms with Crippen LogP contribution in [0, 0.1) is 11.5 Å². The molecule has 2 aromatic heterocycles. The highest BCUT2D eigenvalue weighted by Crippen LogP contribution is 2.23. The SMILES string of the molecule is COCCNc1nc(-n2ccnc2)nc2ccc(C#C[Si](C)(C)C)cc12. The zero-order valence-corrected chi connectivity index (χ0v) is 16.6. The van der Waals surface area contributed by atoms with Crippen molar-refractivity contribution in [1.29, 1.82) is 0 Å². The quantitative estimate of drug-likeness (QED) is 0.428. The van der Waals surface area contributed by atoms with E-state index in [2.05, 4.69) is 57.4 Å². The standard InChI is InChI=1S/C19H23N5OSi/c1-25-11-9-21-18-16-13-15(7-12-26(2,3)4)5-6-17(16)22-19(23-18)24-10-8-20-14-24/h5-6,8,10,13-14H,9,11H2,1-4H3,(H,21,22,23). The average molecular weight is 366 g/mol. The molecule has 0 aliphatic heterocycles. The van der Waals surface area contributed by atoms with Gasteiger partial charge in [0.15, 0.2) is 0 Å². The number of fused-ring (bicyclic) bond motifs is 1. The van der Waals surface area contributed by atoms with Crippen LogP contribution in [0.4, 0.5) is 5.82 Å². The van der Waals surface area contributed by atoms with Crippen molar-refractivity contribution in [3.63, 3.8) is 0 Å². The molecule has 0 saturated heterocycles. The molecule has 26 heavy (non-hydrogen) atoms. The Kier molecular flexibility index (Phi) is 5.35. The lowest BCUT2D eigenvalue weighted by atomic mass is 10.1. The van der Waals surface area contributed by atoms with Crippen LogP contribution < -0.4 is 5.32 Å². The van der Waals surface area contributed by atoms with Gasteiger partial charge in [-0.2, -0.15) is 4.98 Å². The molecular weight excluding hydrogens is 342 g/mol. The Morgan fingerprint density at radius 2 is 2.08 bits per heavy atom. The van der Waals surface area contributed by atoms with Crippen LogP contribution in [0.5, 0.6) is 0 Å². The number of rotatable bonds is 5. The molecule has 0 bridgehead atoms. The maximum atomic E-state index is 5.14. The molecule has 1 aromatic carbocycles. The van der Waals surface area contributed by atoms with Gasteiger partial charge in [0.1, 0.15) is 20.2 Å². The van der Waals surface area contributed by atoms with E-state index in [1.54, 1.807) is 24.2 Å². The summed E-state index contributed by atoms with van der Waals surface area (Å²) in [5, 5.41) is 4.29. The van der Waals surface area contributed by atoms with E-state index in [0.29, 0.717) is 19.1 Å². The minimum absolute atomic E-state index is 0.579. The topological polar surface area (TPSA) is 64.9 Å². The lowest BCUT2D eigenvalue weighted by molar-refractivity contribution is 0.210. The molecule has 0 radical (unpaired) electrons. The summed E-state index contributed by atoms with van der Waals surface area (Å²) in [7, 11) is 0.254. The molecule has 134 valence electrons. The van der Waals surface area contributed by atoms with E-state index in [9.17, 15) is 0 Å². The van der Waals surface area contributed by atoms with Crippen LogP contribution in [0.3, 0.4) is 0 Å². The molecule has 0 saturated carbocycles. The fourth-order valence-electron chi connectivity index (χ4n) is 2.35. The molecule has 6 nitrogen and oxygen atoms in total. The van der Waals surface area contributed by atoms with Crippen molar-refractivity contribution in [3.8, 4) is 17.4 Å². The Morgan fingerprint density at radius 3 is 2.77 bits per heavy atom. The summed E-state index contributed by atoms with van der Waals surface area (Å²) in [5.41, 5.74) is 5.25. The molecule has 0 atom stereocenters. The first-order valence-electron chi connectivity index (χ1n) is 8.52. The third kappa shape index (κ3) is 4.48. The lowest BCUT2D eigenvalue weighted by Crippen LogP contribution is -2.16. The maximum Gasteiger partial charge on any atom is 0.237 e. The monoisotopic (exact) mass is 365 g/mol. The highest BCUT2D eigenvalue weighted by Gasteiger charge is 2.11. The van der Waals surface area contributed by atoms with Crippen LogP contribution in [-0.4, -0.2) is 47.9 Å². The highest BCUT2D eigenvalue weighted by atomic mass is 28.3. The van der Waals surface area contributed by atoms with Crippen molar-refractivity contribution in [3.05, 3.63) is 42.5 Å². The second-order valence-corrected chi connectivity index (χ2v) is 11.7. The number of hydrogen-bond donors (Lipinski definition) is 1. The minimum Gasteiger partial charge on any atom is -0.383 e. The van der Waals surface area contributed by atoms with E-state index in [0.717, 1.165) is 22.3 Å². The summed E-state index contributed by atoms with van der Waals surface area (Å²) in [4.78, 5) is 13.4. The van der Waals surface area contributed by atoms with Gasteiger partial charge in [0.05, 0.1) is 12.1 Å². The van der Waals surface area contributed by atoms with Crippen LogP contribution in [0.15, 0.2) is 36.9 Å². The van der Waals surface area contributed by atoms with Crippen molar-refractivity contribution in [2.45, 2.75) is 19.6 Å². The van der Waals surface area contributed by atoms with Gasteiger partial charge in [-0.05, 0) is 18.2 Å². The van der Waals surface area contributed by atoms with Crippen molar-refractivity contribution >= 4 is 24.8 Å². The summed E-state index contributed by atoms with van der Waals surface area (Å²) >= 11 is 0. The van der Waals surface area contributed by atoms with E-state index in [1.165, 1.54) is 0 Å². The maximum absolute atomic E-state index is 5.14. The van der Waals surface area contributed by atoms with Gasteiger partial charge in [0, 0.05) is 37.0 Å². The number of benzene rings is 1. The molecule has 0 aliphatic rings. The number of ether oxygens (including phenoxy) is 1. The van der Waals surface area contributed by atoms with E-state index >= 15 is 0 Å². The molecule has 7 heteroatoms. The normalized spacial score (nSPS) is 11.2. The van der Waals surface area contributed by atoms with Gasteiger partial charge < -0.3 is 10.1 Å². The Bertz CT molecular complexity index is 952. The van der Waals surface area contributed by atoms with Gasteiger partial charge in [-0.25, -0.2) is 9.97 Å². The van der Waals surface area contributed by atoms with Gasteiger partial charge >= 0.3 is 0 Å². The lowest BCUT2D eigenvalue weighted by Gasteiger charge is -2.11. The van der Waals surface area contributed by atoms with Crippen LogP contribution in [0.2, 0.25) is 19.6 Å². The van der Waals surface area contributed by atoms with Crippen LogP contribution in [0.1, 0.15) is 5.56 Å². The zero-order valence-electron chi connectivity index (χ0n) is 15.6. The number of anilines is 1. The fraction of sp³-hybridized carbons (Fsp3) is 0.316. The number of nitrogens with one attached hydrogen (secondary N) is 1. The van der Waals surface area contributed by atoms with E-state index in [-0.39, 0.29) is 0 Å².